The Morgan fingerprint density at radius 3 is 2.07 bits per heavy atom. The first kappa shape index (κ1) is 21.6. The molecule has 3 rings (SSSR count). The molecule has 29 heavy (non-hydrogen) atoms. The lowest BCUT2D eigenvalue weighted by Gasteiger charge is -2.45. The van der Waals surface area contributed by atoms with Gasteiger partial charge in [0.2, 0.25) is 0 Å². The molecule has 0 amide bonds. The third-order valence-corrected chi connectivity index (χ3v) is 10.8. The fourth-order valence-corrected chi connectivity index (χ4v) is 9.19. The number of hydrogen-bond acceptors (Lipinski definition) is 2. The van der Waals surface area contributed by atoms with Gasteiger partial charge in [-0.05, 0) is 35.2 Å². The number of aliphatic hydroxyl groups excluding tert-OH is 1. The molecule has 0 aromatic heterocycles. The van der Waals surface area contributed by atoms with Gasteiger partial charge in [-0.3, -0.25) is 0 Å². The molecule has 2 aromatic carbocycles. The van der Waals surface area contributed by atoms with Crippen LogP contribution >= 0.6 is 0 Å². The standard InChI is InChI=1S/C26H32O2Si/c1-5-13-22(27)20-21-14-12-19-25(21)28-29(26(2,3)4,23-15-8-6-9-16-23)24-17-10-7-11-18-24/h6-12,14-18,21-22,25,27H,19-20H2,1-4H3/t21-,22-,25-/m1/s1. The monoisotopic (exact) mass is 404 g/mol. The molecule has 0 bridgehead atoms. The average Bonchev–Trinajstić information content (AvgIpc) is 3.13. The second-order valence-corrected chi connectivity index (χ2v) is 13.0. The van der Waals surface area contributed by atoms with Crippen molar-refractivity contribution in [1.29, 1.82) is 0 Å². The van der Waals surface area contributed by atoms with Gasteiger partial charge in [0.1, 0.15) is 6.10 Å². The first-order valence-corrected chi connectivity index (χ1v) is 12.3. The molecule has 3 atom stereocenters. The van der Waals surface area contributed by atoms with Crippen LogP contribution in [0.1, 0.15) is 40.5 Å². The second kappa shape index (κ2) is 9.13. The van der Waals surface area contributed by atoms with Gasteiger partial charge < -0.3 is 9.53 Å². The molecular formula is C26H32O2Si. The van der Waals surface area contributed by atoms with E-state index in [9.17, 15) is 5.11 Å². The molecule has 2 nitrogen and oxygen atoms in total. The van der Waals surface area contributed by atoms with Crippen molar-refractivity contribution in [3.8, 4) is 11.8 Å². The average molecular weight is 405 g/mol. The van der Waals surface area contributed by atoms with Gasteiger partial charge in [0.15, 0.2) is 0 Å². The van der Waals surface area contributed by atoms with Crippen LogP contribution in [0.3, 0.4) is 0 Å². The minimum absolute atomic E-state index is 0.0506. The molecule has 0 fully saturated rings. The highest BCUT2D eigenvalue weighted by Crippen LogP contribution is 2.40. The molecule has 1 N–H and O–H groups in total. The summed E-state index contributed by atoms with van der Waals surface area (Å²) >= 11 is 0. The van der Waals surface area contributed by atoms with E-state index in [1.54, 1.807) is 6.92 Å². The van der Waals surface area contributed by atoms with Gasteiger partial charge in [0.25, 0.3) is 8.32 Å². The van der Waals surface area contributed by atoms with Crippen LogP contribution in [0.15, 0.2) is 72.8 Å². The maximum absolute atomic E-state index is 10.3. The molecule has 0 aliphatic heterocycles. The maximum Gasteiger partial charge on any atom is 0.261 e. The van der Waals surface area contributed by atoms with E-state index in [1.165, 1.54) is 10.4 Å². The smallest absolute Gasteiger partial charge is 0.261 e. The van der Waals surface area contributed by atoms with Crippen molar-refractivity contribution in [3.63, 3.8) is 0 Å². The van der Waals surface area contributed by atoms with Gasteiger partial charge in [-0.15, -0.1) is 5.92 Å². The summed E-state index contributed by atoms with van der Waals surface area (Å²) in [7, 11) is -2.58. The third-order valence-electron chi connectivity index (χ3n) is 5.78. The van der Waals surface area contributed by atoms with Crippen LogP contribution in [0, 0.1) is 17.8 Å². The quantitative estimate of drug-likeness (QED) is 0.442. The fraction of sp³-hybridized carbons (Fsp3) is 0.385. The predicted octanol–water partition coefficient (Wildman–Crippen LogP) is 4.28. The number of benzene rings is 2. The maximum atomic E-state index is 10.3. The normalized spacial score (nSPS) is 20.2. The highest BCUT2D eigenvalue weighted by molar-refractivity contribution is 6.99. The van der Waals surface area contributed by atoms with Crippen molar-refractivity contribution in [1.82, 2.24) is 0 Å². The Morgan fingerprint density at radius 1 is 1.03 bits per heavy atom. The summed E-state index contributed by atoms with van der Waals surface area (Å²) in [4.78, 5) is 0. The van der Waals surface area contributed by atoms with Crippen LogP contribution in [0.5, 0.6) is 0 Å². The van der Waals surface area contributed by atoms with E-state index in [0.29, 0.717) is 6.42 Å². The van der Waals surface area contributed by atoms with Gasteiger partial charge in [0, 0.05) is 5.92 Å². The molecule has 0 spiro atoms. The van der Waals surface area contributed by atoms with E-state index >= 15 is 0 Å². The summed E-state index contributed by atoms with van der Waals surface area (Å²) in [5, 5.41) is 12.8. The zero-order valence-corrected chi connectivity index (χ0v) is 18.9. The van der Waals surface area contributed by atoms with Crippen molar-refractivity contribution in [2.75, 3.05) is 0 Å². The van der Waals surface area contributed by atoms with Gasteiger partial charge in [-0.2, -0.15) is 0 Å². The molecule has 1 aliphatic carbocycles. The van der Waals surface area contributed by atoms with Gasteiger partial charge >= 0.3 is 0 Å². The largest absolute Gasteiger partial charge is 0.404 e. The Morgan fingerprint density at radius 2 is 1.59 bits per heavy atom. The van der Waals surface area contributed by atoms with Crippen LogP contribution in [0.4, 0.5) is 0 Å². The van der Waals surface area contributed by atoms with E-state index < -0.39 is 14.4 Å². The summed E-state index contributed by atoms with van der Waals surface area (Å²) in [6, 6.07) is 21.5. The van der Waals surface area contributed by atoms with Crippen LogP contribution in [0.2, 0.25) is 5.04 Å². The zero-order valence-electron chi connectivity index (χ0n) is 17.9. The molecule has 2 aromatic rings. The molecular weight excluding hydrogens is 372 g/mol. The summed E-state index contributed by atoms with van der Waals surface area (Å²) in [5.41, 5.74) is 0. The Kier molecular flexibility index (Phi) is 6.80. The van der Waals surface area contributed by atoms with Crippen LogP contribution in [-0.4, -0.2) is 25.6 Å². The minimum Gasteiger partial charge on any atom is -0.404 e. The molecule has 152 valence electrons. The van der Waals surface area contributed by atoms with Crippen molar-refractivity contribution < 1.29 is 9.53 Å². The number of rotatable bonds is 6. The van der Waals surface area contributed by atoms with Crippen molar-refractivity contribution in [3.05, 3.63) is 72.8 Å². The Labute approximate surface area is 176 Å². The lowest BCUT2D eigenvalue weighted by atomic mass is 9.99. The summed E-state index contributed by atoms with van der Waals surface area (Å²) < 4.78 is 7.24. The molecule has 0 radical (unpaired) electrons. The number of aliphatic hydroxyl groups is 1. The summed E-state index contributed by atoms with van der Waals surface area (Å²) in [6.07, 6.45) is 5.32. The Balaban J connectivity index is 2.05. The van der Waals surface area contributed by atoms with E-state index in [0.717, 1.165) is 6.42 Å². The zero-order chi connectivity index (χ0) is 20.9. The summed E-state index contributed by atoms with van der Waals surface area (Å²) in [5.74, 6) is 5.87. The predicted molar refractivity (Wildman–Crippen MR) is 124 cm³/mol. The van der Waals surface area contributed by atoms with E-state index in [2.05, 4.69) is 105 Å². The summed E-state index contributed by atoms with van der Waals surface area (Å²) in [6.45, 7) is 8.67. The van der Waals surface area contributed by atoms with Crippen LogP contribution < -0.4 is 10.4 Å². The Bertz CT molecular complexity index is 832. The molecule has 0 saturated heterocycles. The molecule has 0 heterocycles. The van der Waals surface area contributed by atoms with E-state index in [1.807, 2.05) is 0 Å². The second-order valence-electron chi connectivity index (χ2n) is 8.79. The minimum atomic E-state index is -2.58. The molecule has 0 saturated carbocycles. The van der Waals surface area contributed by atoms with Crippen molar-refractivity contribution in [2.45, 2.75) is 57.8 Å². The highest BCUT2D eigenvalue weighted by atomic mass is 28.4. The van der Waals surface area contributed by atoms with Gasteiger partial charge in [-0.1, -0.05) is 99.5 Å². The Hall–Kier alpha value is -2.12. The molecule has 3 heteroatoms. The fourth-order valence-electron chi connectivity index (χ4n) is 4.45. The first-order valence-electron chi connectivity index (χ1n) is 10.4. The SMILES string of the molecule is CC#C[C@@H](O)C[C@H]1C=CC[C@H]1O[Si](c1ccccc1)(c1ccccc1)C(C)(C)C. The molecule has 0 unspecified atom stereocenters. The highest BCUT2D eigenvalue weighted by Gasteiger charge is 2.52. The van der Waals surface area contributed by atoms with Gasteiger partial charge in [-0.25, -0.2) is 0 Å². The van der Waals surface area contributed by atoms with E-state index in [4.69, 9.17) is 4.43 Å². The van der Waals surface area contributed by atoms with E-state index in [-0.39, 0.29) is 17.1 Å². The van der Waals surface area contributed by atoms with Crippen LogP contribution in [0.25, 0.3) is 0 Å². The first-order chi connectivity index (χ1) is 13.9. The van der Waals surface area contributed by atoms with Gasteiger partial charge in [0.05, 0.1) is 6.10 Å². The van der Waals surface area contributed by atoms with Crippen molar-refractivity contribution in [2.24, 2.45) is 5.92 Å². The third kappa shape index (κ3) is 4.56. The lowest BCUT2D eigenvalue weighted by Crippen LogP contribution is -2.68. The van der Waals surface area contributed by atoms with Crippen molar-refractivity contribution >= 4 is 18.7 Å². The topological polar surface area (TPSA) is 29.5 Å². The number of hydrogen-bond donors (Lipinski definition) is 1. The molecule has 1 aliphatic rings. The van der Waals surface area contributed by atoms with Crippen LogP contribution in [-0.2, 0) is 4.43 Å². The lowest BCUT2D eigenvalue weighted by molar-refractivity contribution is 0.121.